The third kappa shape index (κ3) is 3.19. The summed E-state index contributed by atoms with van der Waals surface area (Å²) in [6, 6.07) is 8.31. The average molecular weight is 334 g/mol. The lowest BCUT2D eigenvalue weighted by Gasteiger charge is -2.28. The number of para-hydroxylation sites is 2. The molecule has 5 nitrogen and oxygen atoms in total. The summed E-state index contributed by atoms with van der Waals surface area (Å²) in [6.45, 7) is 5.15. The minimum atomic E-state index is -0.0340. The molecule has 0 amide bonds. The first kappa shape index (κ1) is 16.2. The van der Waals surface area contributed by atoms with Crippen molar-refractivity contribution in [1.29, 1.82) is 0 Å². The molecule has 1 N–H and O–H groups in total. The summed E-state index contributed by atoms with van der Waals surface area (Å²) in [7, 11) is 2.02. The van der Waals surface area contributed by atoms with E-state index in [1.54, 1.807) is 0 Å². The van der Waals surface area contributed by atoms with Gasteiger partial charge >= 0.3 is 5.97 Å². The second-order valence-corrected chi connectivity index (χ2v) is 6.56. The maximum Gasteiger partial charge on any atom is 0.309 e. The molecule has 2 heterocycles. The number of piperidine rings is 1. The van der Waals surface area contributed by atoms with Crippen LogP contribution < -0.4 is 4.90 Å². The first-order valence-electron chi connectivity index (χ1n) is 8.26. The first-order valence-corrected chi connectivity index (χ1v) is 8.67. The molecule has 0 radical (unpaired) electrons. The highest BCUT2D eigenvalue weighted by atomic mass is 32.1. The Balaban J connectivity index is 1.71. The zero-order chi connectivity index (χ0) is 16.4. The van der Waals surface area contributed by atoms with Crippen LogP contribution in [0.1, 0.15) is 19.8 Å². The molecule has 0 aliphatic carbocycles. The molecule has 0 saturated carbocycles. The van der Waals surface area contributed by atoms with Gasteiger partial charge in [0.1, 0.15) is 0 Å². The fourth-order valence-electron chi connectivity index (χ4n) is 3.42. The van der Waals surface area contributed by atoms with Gasteiger partial charge in [-0.2, -0.15) is 0 Å². The molecule has 0 spiro atoms. The Morgan fingerprint density at radius 1 is 1.30 bits per heavy atom. The number of imidazole rings is 1. The van der Waals surface area contributed by atoms with E-state index < -0.39 is 0 Å². The van der Waals surface area contributed by atoms with Crippen molar-refractivity contribution < 1.29 is 14.4 Å². The van der Waals surface area contributed by atoms with Crippen LogP contribution in [-0.4, -0.2) is 34.8 Å². The lowest BCUT2D eigenvalue weighted by atomic mass is 9.97. The monoisotopic (exact) mass is 334 g/mol. The van der Waals surface area contributed by atoms with E-state index in [0.29, 0.717) is 6.61 Å². The van der Waals surface area contributed by atoms with E-state index in [0.717, 1.165) is 37.4 Å². The largest absolute Gasteiger partial charge is 0.466 e. The number of carbonyl (C=O) groups is 1. The molecule has 0 bridgehead atoms. The van der Waals surface area contributed by atoms with Crippen molar-refractivity contribution in [2.45, 2.75) is 26.4 Å². The number of likely N-dealkylation sites (tertiary alicyclic amines) is 1. The van der Waals surface area contributed by atoms with Crippen LogP contribution in [0.15, 0.2) is 24.3 Å². The van der Waals surface area contributed by atoms with Gasteiger partial charge in [0.05, 0.1) is 36.6 Å². The number of aryl methyl sites for hydroxylation is 1. The molecule has 0 atom stereocenters. The van der Waals surface area contributed by atoms with Crippen molar-refractivity contribution in [2.24, 2.45) is 13.0 Å². The summed E-state index contributed by atoms with van der Waals surface area (Å²) in [5.74, 6) is 0.0347. The van der Waals surface area contributed by atoms with Crippen LogP contribution in [0.4, 0.5) is 0 Å². The van der Waals surface area contributed by atoms with Gasteiger partial charge in [-0.3, -0.25) is 9.36 Å². The maximum absolute atomic E-state index is 11.8. The van der Waals surface area contributed by atoms with Gasteiger partial charge in [-0.1, -0.05) is 12.1 Å². The van der Waals surface area contributed by atoms with Crippen LogP contribution in [-0.2, 0) is 23.2 Å². The Morgan fingerprint density at radius 2 is 1.96 bits per heavy atom. The summed E-state index contributed by atoms with van der Waals surface area (Å²) in [5.41, 5.74) is 2.35. The van der Waals surface area contributed by atoms with E-state index in [2.05, 4.69) is 27.3 Å². The van der Waals surface area contributed by atoms with E-state index in [9.17, 15) is 4.79 Å². The molecule has 1 aromatic carbocycles. The summed E-state index contributed by atoms with van der Waals surface area (Å²) in [5, 5.41) is 0. The molecule has 6 heteroatoms. The van der Waals surface area contributed by atoms with Gasteiger partial charge in [0.15, 0.2) is 11.4 Å². The second kappa shape index (κ2) is 6.84. The third-order valence-corrected chi connectivity index (χ3v) is 5.24. The highest BCUT2D eigenvalue weighted by molar-refractivity contribution is 7.71. The van der Waals surface area contributed by atoms with Crippen LogP contribution >= 0.6 is 12.2 Å². The van der Waals surface area contributed by atoms with E-state index >= 15 is 0 Å². The molecular weight excluding hydrogens is 310 g/mol. The van der Waals surface area contributed by atoms with Crippen molar-refractivity contribution in [3.63, 3.8) is 0 Å². The average Bonchev–Trinajstić information content (AvgIpc) is 2.81. The molecule has 1 aliphatic heterocycles. The lowest BCUT2D eigenvalue weighted by Crippen LogP contribution is -3.12. The van der Waals surface area contributed by atoms with Crippen LogP contribution in [0.5, 0.6) is 0 Å². The fourth-order valence-corrected chi connectivity index (χ4v) is 3.68. The number of quaternary nitrogens is 1. The molecular formula is C17H24N3O2S+. The van der Waals surface area contributed by atoms with Gasteiger partial charge < -0.3 is 14.2 Å². The summed E-state index contributed by atoms with van der Waals surface area (Å²) >= 11 is 5.60. The maximum atomic E-state index is 11.8. The van der Waals surface area contributed by atoms with Crippen LogP contribution in [0.25, 0.3) is 11.0 Å². The Hall–Kier alpha value is -1.66. The topological polar surface area (TPSA) is 40.6 Å². The number of benzene rings is 1. The number of nitrogens with one attached hydrogen (secondary N) is 1. The fraction of sp³-hybridized carbons (Fsp3) is 0.529. The zero-order valence-corrected chi connectivity index (χ0v) is 14.6. The predicted octanol–water partition coefficient (Wildman–Crippen LogP) is 1.52. The Labute approximate surface area is 141 Å². The van der Waals surface area contributed by atoms with Gasteiger partial charge in [-0.25, -0.2) is 0 Å². The molecule has 124 valence electrons. The Bertz CT molecular complexity index is 757. The van der Waals surface area contributed by atoms with E-state index in [4.69, 9.17) is 17.0 Å². The SMILES string of the molecule is CCOC(=O)C1CC[NH+](Cn2c(=S)n(C)c3ccccc32)CC1. The molecule has 3 rings (SSSR count). The van der Waals surface area contributed by atoms with Gasteiger partial charge in [0.25, 0.3) is 0 Å². The molecule has 23 heavy (non-hydrogen) atoms. The normalized spacial score (nSPS) is 21.5. The molecule has 1 fully saturated rings. The molecule has 1 saturated heterocycles. The minimum absolute atomic E-state index is 0.0340. The predicted molar refractivity (Wildman–Crippen MR) is 91.8 cm³/mol. The lowest BCUT2D eigenvalue weighted by molar-refractivity contribution is -0.928. The number of aromatic nitrogens is 2. The van der Waals surface area contributed by atoms with Gasteiger partial charge in [-0.05, 0) is 31.3 Å². The van der Waals surface area contributed by atoms with Gasteiger partial charge in [-0.15, -0.1) is 0 Å². The van der Waals surface area contributed by atoms with Crippen LogP contribution in [0.2, 0.25) is 0 Å². The number of hydrogen-bond acceptors (Lipinski definition) is 3. The van der Waals surface area contributed by atoms with Crippen LogP contribution in [0, 0.1) is 10.7 Å². The number of rotatable bonds is 4. The highest BCUT2D eigenvalue weighted by Gasteiger charge is 2.28. The Morgan fingerprint density at radius 3 is 2.61 bits per heavy atom. The number of esters is 1. The zero-order valence-electron chi connectivity index (χ0n) is 13.7. The molecule has 1 aliphatic rings. The van der Waals surface area contributed by atoms with Crippen molar-refractivity contribution >= 4 is 29.2 Å². The van der Waals surface area contributed by atoms with Gasteiger partial charge in [0, 0.05) is 19.9 Å². The van der Waals surface area contributed by atoms with Crippen molar-refractivity contribution in [1.82, 2.24) is 9.13 Å². The van der Waals surface area contributed by atoms with Crippen molar-refractivity contribution in [3.05, 3.63) is 29.0 Å². The van der Waals surface area contributed by atoms with E-state index in [1.165, 1.54) is 15.9 Å². The molecule has 0 unspecified atom stereocenters. The summed E-state index contributed by atoms with van der Waals surface area (Å²) < 4.78 is 10.3. The first-order chi connectivity index (χ1) is 11.1. The standard InChI is InChI=1S/C17H23N3O2S/c1-3-22-16(21)13-8-10-19(11-9-13)12-20-15-7-5-4-6-14(15)18(2)17(20)23/h4-7,13H,3,8-12H2,1-2H3/p+1. The van der Waals surface area contributed by atoms with Crippen molar-refractivity contribution in [3.8, 4) is 0 Å². The van der Waals surface area contributed by atoms with E-state index in [1.807, 2.05) is 20.0 Å². The summed E-state index contributed by atoms with van der Waals surface area (Å²) in [4.78, 5) is 13.3. The molecule has 2 aromatic rings. The third-order valence-electron chi connectivity index (χ3n) is 4.75. The second-order valence-electron chi connectivity index (χ2n) is 6.19. The summed E-state index contributed by atoms with van der Waals surface area (Å²) in [6.07, 6.45) is 1.79. The quantitative estimate of drug-likeness (QED) is 0.681. The number of ether oxygens (including phenoxy) is 1. The van der Waals surface area contributed by atoms with E-state index in [-0.39, 0.29) is 11.9 Å². The van der Waals surface area contributed by atoms with Crippen LogP contribution in [0.3, 0.4) is 0 Å². The highest BCUT2D eigenvalue weighted by Crippen LogP contribution is 2.16. The number of nitrogens with zero attached hydrogens (tertiary/aromatic N) is 2. The number of hydrogen-bond donors (Lipinski definition) is 1. The van der Waals surface area contributed by atoms with Gasteiger partial charge in [0.2, 0.25) is 0 Å². The number of fused-ring (bicyclic) bond motifs is 1. The smallest absolute Gasteiger partial charge is 0.309 e. The van der Waals surface area contributed by atoms with Crippen molar-refractivity contribution in [2.75, 3.05) is 19.7 Å². The minimum Gasteiger partial charge on any atom is -0.466 e. The Kier molecular flexibility index (Phi) is 4.82. The number of carbonyl (C=O) groups excluding carboxylic acids is 1. The molecule has 1 aromatic heterocycles.